The summed E-state index contributed by atoms with van der Waals surface area (Å²) in [6, 6.07) is 16.7. The molecule has 0 saturated heterocycles. The number of carboxylic acid groups (broad SMARTS) is 1. The molecule has 0 aliphatic heterocycles. The van der Waals surface area contributed by atoms with Gasteiger partial charge in [-0.1, -0.05) is 55.8 Å². The van der Waals surface area contributed by atoms with Crippen LogP contribution < -0.4 is 16.6 Å². The quantitative estimate of drug-likeness (QED) is 0.398. The molecule has 0 aliphatic carbocycles. The van der Waals surface area contributed by atoms with Crippen LogP contribution in [-0.4, -0.2) is 34.0 Å². The van der Waals surface area contributed by atoms with Crippen LogP contribution in [0.4, 0.5) is 5.82 Å². The molecule has 3 aromatic rings. The predicted molar refractivity (Wildman–Crippen MR) is 134 cm³/mol. The van der Waals surface area contributed by atoms with Crippen molar-refractivity contribution in [1.29, 1.82) is 0 Å². The first-order valence-electron chi connectivity index (χ1n) is 11.4. The van der Waals surface area contributed by atoms with Crippen LogP contribution in [0.2, 0.25) is 0 Å². The van der Waals surface area contributed by atoms with Crippen molar-refractivity contribution in [1.82, 2.24) is 9.88 Å². The van der Waals surface area contributed by atoms with Gasteiger partial charge in [0.05, 0.1) is 11.3 Å². The molecule has 2 aromatic carbocycles. The average Bonchev–Trinajstić information content (AvgIpc) is 2.79. The number of nitrogens with one attached hydrogen (secondary N) is 1. The van der Waals surface area contributed by atoms with Gasteiger partial charge in [0.15, 0.2) is 5.78 Å². The van der Waals surface area contributed by atoms with Crippen LogP contribution in [0, 0.1) is 12.8 Å². The summed E-state index contributed by atoms with van der Waals surface area (Å²) in [6.07, 6.45) is 1.20. The van der Waals surface area contributed by atoms with Crippen LogP contribution in [0.25, 0.3) is 5.69 Å². The molecule has 0 unspecified atom stereocenters. The monoisotopic (exact) mass is 461 g/mol. The van der Waals surface area contributed by atoms with E-state index in [0.717, 1.165) is 11.1 Å². The van der Waals surface area contributed by atoms with Crippen molar-refractivity contribution in [2.24, 2.45) is 5.92 Å². The number of ketones is 1. The minimum absolute atomic E-state index is 0.0884. The first-order chi connectivity index (χ1) is 16.2. The smallest absolute Gasteiger partial charge is 0.320 e. The summed E-state index contributed by atoms with van der Waals surface area (Å²) >= 11 is 0. The van der Waals surface area contributed by atoms with Crippen LogP contribution >= 0.6 is 0 Å². The molecule has 4 N–H and O–H groups in total. The van der Waals surface area contributed by atoms with Crippen molar-refractivity contribution in [2.45, 2.75) is 39.7 Å². The highest BCUT2D eigenvalue weighted by Gasteiger charge is 2.18. The lowest BCUT2D eigenvalue weighted by Crippen LogP contribution is -2.38. The Morgan fingerprint density at radius 3 is 2.24 bits per heavy atom. The molecule has 1 aromatic heterocycles. The van der Waals surface area contributed by atoms with Gasteiger partial charge in [0.25, 0.3) is 5.56 Å². The second-order valence-corrected chi connectivity index (χ2v) is 8.89. The van der Waals surface area contributed by atoms with E-state index in [9.17, 15) is 19.5 Å². The molecule has 0 saturated carbocycles. The van der Waals surface area contributed by atoms with Crippen LogP contribution in [0.5, 0.6) is 0 Å². The Balaban J connectivity index is 1.77. The molecule has 0 spiro atoms. The third kappa shape index (κ3) is 5.99. The zero-order chi connectivity index (χ0) is 24.8. The number of pyridine rings is 1. The van der Waals surface area contributed by atoms with E-state index < -0.39 is 12.0 Å². The number of carbonyl (C=O) groups is 2. The minimum Gasteiger partial charge on any atom is -0.480 e. The Hall–Kier alpha value is -3.71. The van der Waals surface area contributed by atoms with Gasteiger partial charge in [-0.2, -0.15) is 0 Å². The summed E-state index contributed by atoms with van der Waals surface area (Å²) in [6.45, 7) is 6.45. The highest BCUT2D eigenvalue weighted by molar-refractivity contribution is 6.11. The normalized spacial score (nSPS) is 12.0. The Morgan fingerprint density at radius 2 is 1.65 bits per heavy atom. The molecule has 7 nitrogen and oxygen atoms in total. The van der Waals surface area contributed by atoms with Gasteiger partial charge in [-0.05, 0) is 56.0 Å². The Bertz CT molecular complexity index is 1210. The Kier molecular flexibility index (Phi) is 8.02. The van der Waals surface area contributed by atoms with E-state index in [-0.39, 0.29) is 28.6 Å². The van der Waals surface area contributed by atoms with Gasteiger partial charge in [0.1, 0.15) is 11.9 Å². The number of benzene rings is 2. The zero-order valence-electron chi connectivity index (χ0n) is 19.7. The number of hydrogen-bond acceptors (Lipinski definition) is 5. The van der Waals surface area contributed by atoms with Gasteiger partial charge >= 0.3 is 5.97 Å². The van der Waals surface area contributed by atoms with Crippen LogP contribution in [0.3, 0.4) is 0 Å². The maximum Gasteiger partial charge on any atom is 0.320 e. The third-order valence-corrected chi connectivity index (χ3v) is 5.69. The molecule has 0 fully saturated rings. The summed E-state index contributed by atoms with van der Waals surface area (Å²) in [5.41, 5.74) is 9.31. The standard InChI is InChI=1S/C27H31N3O4/c1-17(2)16-23(27(33)34)29-15-14-19-6-10-21(11-7-19)30-24(31)13-12-22(26(30)28)25(32)20-8-4-18(3)5-9-20/h4-13,17,23,29H,14-16,28H2,1-3H3,(H,33,34)/t23-/m0/s1. The fourth-order valence-corrected chi connectivity index (χ4v) is 3.82. The SMILES string of the molecule is Cc1ccc(C(=O)c2ccc(=O)n(-c3ccc(CCN[C@@H](CC(C)C)C(=O)O)cc3)c2N)cc1. The Morgan fingerprint density at radius 1 is 1.00 bits per heavy atom. The van der Waals surface area contributed by atoms with Crippen LogP contribution in [0.15, 0.2) is 65.5 Å². The number of rotatable bonds is 10. The number of carboxylic acids is 1. The van der Waals surface area contributed by atoms with Crippen molar-refractivity contribution in [3.63, 3.8) is 0 Å². The summed E-state index contributed by atoms with van der Waals surface area (Å²) in [4.78, 5) is 37.0. The first-order valence-corrected chi connectivity index (χ1v) is 11.4. The molecule has 178 valence electrons. The highest BCUT2D eigenvalue weighted by atomic mass is 16.4. The molecule has 0 radical (unpaired) electrons. The lowest BCUT2D eigenvalue weighted by atomic mass is 10.0. The van der Waals surface area contributed by atoms with Crippen molar-refractivity contribution >= 4 is 17.6 Å². The number of aryl methyl sites for hydroxylation is 1. The van der Waals surface area contributed by atoms with E-state index in [0.29, 0.717) is 30.6 Å². The van der Waals surface area contributed by atoms with Crippen molar-refractivity contribution in [3.8, 4) is 5.69 Å². The number of nitrogen functional groups attached to an aromatic ring is 1. The van der Waals surface area contributed by atoms with E-state index in [1.165, 1.54) is 16.7 Å². The lowest BCUT2D eigenvalue weighted by Gasteiger charge is -2.16. The molecule has 1 heterocycles. The number of nitrogens with two attached hydrogens (primary N) is 1. The maximum atomic E-state index is 13.0. The molecule has 34 heavy (non-hydrogen) atoms. The van der Waals surface area contributed by atoms with Crippen LogP contribution in [-0.2, 0) is 11.2 Å². The Labute approximate surface area is 199 Å². The summed E-state index contributed by atoms with van der Waals surface area (Å²) in [7, 11) is 0. The number of carbonyl (C=O) groups excluding carboxylic acids is 1. The maximum absolute atomic E-state index is 13.0. The lowest BCUT2D eigenvalue weighted by molar-refractivity contribution is -0.139. The highest BCUT2D eigenvalue weighted by Crippen LogP contribution is 2.19. The van der Waals surface area contributed by atoms with Gasteiger partial charge in [-0.25, -0.2) is 0 Å². The number of aromatic nitrogens is 1. The summed E-state index contributed by atoms with van der Waals surface area (Å²) in [5, 5.41) is 12.4. The molecule has 0 bridgehead atoms. The van der Waals surface area contributed by atoms with Gasteiger partial charge in [0, 0.05) is 11.6 Å². The topological polar surface area (TPSA) is 114 Å². The number of hydrogen-bond donors (Lipinski definition) is 3. The molecule has 0 amide bonds. The third-order valence-electron chi connectivity index (χ3n) is 5.69. The molecule has 7 heteroatoms. The summed E-state index contributed by atoms with van der Waals surface area (Å²) < 4.78 is 1.33. The van der Waals surface area contributed by atoms with Crippen molar-refractivity contribution in [3.05, 3.63) is 93.3 Å². The molecule has 0 aliphatic rings. The number of anilines is 1. The zero-order valence-corrected chi connectivity index (χ0v) is 19.7. The van der Waals surface area contributed by atoms with Crippen LogP contribution in [0.1, 0.15) is 47.3 Å². The first kappa shape index (κ1) is 24.9. The molecular formula is C27H31N3O4. The second-order valence-electron chi connectivity index (χ2n) is 8.89. The number of aliphatic carboxylic acids is 1. The molecule has 1 atom stereocenters. The van der Waals surface area contributed by atoms with Gasteiger partial charge in [-0.15, -0.1) is 0 Å². The van der Waals surface area contributed by atoms with E-state index in [1.54, 1.807) is 24.3 Å². The predicted octanol–water partition coefficient (Wildman–Crippen LogP) is 3.59. The molecular weight excluding hydrogens is 430 g/mol. The number of nitrogens with zero attached hydrogens (tertiary/aromatic N) is 1. The van der Waals surface area contributed by atoms with E-state index in [4.69, 9.17) is 5.73 Å². The van der Waals surface area contributed by atoms with Gasteiger partial charge < -0.3 is 16.2 Å². The second kappa shape index (κ2) is 10.9. The van der Waals surface area contributed by atoms with Gasteiger partial charge in [0.2, 0.25) is 0 Å². The fourth-order valence-electron chi connectivity index (χ4n) is 3.82. The minimum atomic E-state index is -0.848. The summed E-state index contributed by atoms with van der Waals surface area (Å²) in [5.74, 6) is -0.724. The average molecular weight is 462 g/mol. The van der Waals surface area contributed by atoms with E-state index in [2.05, 4.69) is 5.32 Å². The van der Waals surface area contributed by atoms with Crippen molar-refractivity contribution in [2.75, 3.05) is 12.3 Å². The largest absolute Gasteiger partial charge is 0.480 e. The van der Waals surface area contributed by atoms with E-state index in [1.807, 2.05) is 45.0 Å². The van der Waals surface area contributed by atoms with E-state index >= 15 is 0 Å². The molecule has 3 rings (SSSR count). The fraction of sp³-hybridized carbons (Fsp3) is 0.296. The van der Waals surface area contributed by atoms with Gasteiger partial charge in [-0.3, -0.25) is 19.0 Å². The van der Waals surface area contributed by atoms with Crippen molar-refractivity contribution < 1.29 is 14.7 Å².